The van der Waals surface area contributed by atoms with E-state index in [9.17, 15) is 0 Å². The Bertz CT molecular complexity index is 198. The summed E-state index contributed by atoms with van der Waals surface area (Å²) >= 11 is 0. The molecule has 0 saturated heterocycles. The zero-order valence-electron chi connectivity index (χ0n) is 9.18. The molecule has 0 bridgehead atoms. The molecule has 1 fully saturated rings. The van der Waals surface area contributed by atoms with E-state index in [0.29, 0.717) is 13.2 Å². The van der Waals surface area contributed by atoms with Crippen molar-refractivity contribution < 1.29 is 4.74 Å². The minimum Gasteiger partial charge on any atom is -0.383 e. The minimum absolute atomic E-state index is 0.169. The smallest absolute Gasteiger partial charge is 0.116 e. The number of nitrogens with zero attached hydrogens (tertiary/aromatic N) is 1. The molecule has 0 aromatic carbocycles. The van der Waals surface area contributed by atoms with Crippen LogP contribution in [0.15, 0.2) is 4.99 Å². The summed E-state index contributed by atoms with van der Waals surface area (Å²) in [5, 5.41) is 0. The minimum atomic E-state index is 0.169. The van der Waals surface area contributed by atoms with Gasteiger partial charge in [-0.05, 0) is 12.8 Å². The maximum Gasteiger partial charge on any atom is 0.116 e. The molecule has 1 rings (SSSR count). The molecular formula is C10H21N3O. The van der Waals surface area contributed by atoms with Crippen molar-refractivity contribution in [1.82, 2.24) is 5.43 Å². The molecule has 0 spiro atoms. The van der Waals surface area contributed by atoms with Crippen LogP contribution >= 0.6 is 0 Å². The highest BCUT2D eigenvalue weighted by atomic mass is 16.5. The first-order valence-corrected chi connectivity index (χ1v) is 5.23. The number of hydrazine groups is 1. The molecule has 1 aliphatic carbocycles. The molecule has 4 nitrogen and oxygen atoms in total. The molecule has 3 N–H and O–H groups in total. The van der Waals surface area contributed by atoms with Gasteiger partial charge in [-0.3, -0.25) is 4.99 Å². The second-order valence-corrected chi connectivity index (χ2v) is 4.14. The van der Waals surface area contributed by atoms with Crippen LogP contribution in [-0.2, 0) is 4.74 Å². The average molecular weight is 199 g/mol. The summed E-state index contributed by atoms with van der Waals surface area (Å²) in [6, 6.07) is 0. The molecule has 0 radical (unpaired) electrons. The Morgan fingerprint density at radius 1 is 1.50 bits per heavy atom. The molecule has 82 valence electrons. The van der Waals surface area contributed by atoms with E-state index in [0.717, 1.165) is 5.84 Å². The number of methoxy groups -OCH3 is 1. The van der Waals surface area contributed by atoms with Gasteiger partial charge in [-0.15, -0.1) is 0 Å². The predicted octanol–water partition coefficient (Wildman–Crippen LogP) is 1.07. The van der Waals surface area contributed by atoms with Gasteiger partial charge in [0.2, 0.25) is 0 Å². The average Bonchev–Trinajstić information content (AvgIpc) is 2.61. The third kappa shape index (κ3) is 2.69. The number of rotatable bonds is 4. The van der Waals surface area contributed by atoms with Crippen LogP contribution in [0.3, 0.4) is 0 Å². The van der Waals surface area contributed by atoms with Crippen LogP contribution in [-0.4, -0.2) is 26.1 Å². The first-order chi connectivity index (χ1) is 6.73. The summed E-state index contributed by atoms with van der Waals surface area (Å²) in [5.74, 6) is 6.44. The van der Waals surface area contributed by atoms with E-state index in [-0.39, 0.29) is 5.41 Å². The number of nitrogens with two attached hydrogens (primary N) is 1. The third-order valence-corrected chi connectivity index (χ3v) is 2.98. The molecule has 0 unspecified atom stereocenters. The number of hydrogen-bond donors (Lipinski definition) is 2. The number of nitrogens with one attached hydrogen (secondary N) is 1. The summed E-state index contributed by atoms with van der Waals surface area (Å²) in [5.41, 5.74) is 2.91. The zero-order valence-corrected chi connectivity index (χ0v) is 9.18. The SMILES string of the molecule is COCCN=C(NN)C1(C)CCCC1. The van der Waals surface area contributed by atoms with Gasteiger partial charge in [-0.1, -0.05) is 19.8 Å². The number of ether oxygens (including phenoxy) is 1. The summed E-state index contributed by atoms with van der Waals surface area (Å²) in [7, 11) is 1.68. The molecule has 0 heterocycles. The topological polar surface area (TPSA) is 59.6 Å². The second kappa shape index (κ2) is 5.32. The van der Waals surface area contributed by atoms with E-state index >= 15 is 0 Å². The lowest BCUT2D eigenvalue weighted by molar-refractivity contribution is 0.207. The van der Waals surface area contributed by atoms with Crippen molar-refractivity contribution in [1.29, 1.82) is 0 Å². The predicted molar refractivity (Wildman–Crippen MR) is 58.1 cm³/mol. The fourth-order valence-corrected chi connectivity index (χ4v) is 2.05. The van der Waals surface area contributed by atoms with Gasteiger partial charge in [0.05, 0.1) is 13.2 Å². The van der Waals surface area contributed by atoms with Crippen LogP contribution in [0, 0.1) is 5.41 Å². The monoisotopic (exact) mass is 199 g/mol. The Morgan fingerprint density at radius 3 is 2.64 bits per heavy atom. The quantitative estimate of drug-likeness (QED) is 0.234. The molecule has 1 saturated carbocycles. The number of aliphatic imine (C=N–C) groups is 1. The number of amidine groups is 1. The number of hydrogen-bond acceptors (Lipinski definition) is 3. The standard InChI is InChI=1S/C10H21N3O/c1-10(5-3-4-6-10)9(13-11)12-7-8-14-2/h3-8,11H2,1-2H3,(H,12,13). The van der Waals surface area contributed by atoms with Crippen molar-refractivity contribution in [3.05, 3.63) is 0 Å². The van der Waals surface area contributed by atoms with Crippen molar-refractivity contribution in [2.75, 3.05) is 20.3 Å². The van der Waals surface area contributed by atoms with Crippen LogP contribution in [0.5, 0.6) is 0 Å². The molecule has 14 heavy (non-hydrogen) atoms. The third-order valence-electron chi connectivity index (χ3n) is 2.98. The van der Waals surface area contributed by atoms with E-state index in [2.05, 4.69) is 17.3 Å². The van der Waals surface area contributed by atoms with Crippen LogP contribution in [0.1, 0.15) is 32.6 Å². The Balaban J connectivity index is 2.55. The first-order valence-electron chi connectivity index (χ1n) is 5.23. The van der Waals surface area contributed by atoms with Gasteiger partial charge in [0.15, 0.2) is 0 Å². The Labute approximate surface area is 85.9 Å². The summed E-state index contributed by atoms with van der Waals surface area (Å²) in [6.07, 6.45) is 4.93. The fourth-order valence-electron chi connectivity index (χ4n) is 2.05. The van der Waals surface area contributed by atoms with Gasteiger partial charge in [-0.25, -0.2) is 5.84 Å². The summed E-state index contributed by atoms with van der Waals surface area (Å²) in [4.78, 5) is 4.44. The molecular weight excluding hydrogens is 178 g/mol. The van der Waals surface area contributed by atoms with Gasteiger partial charge in [0, 0.05) is 12.5 Å². The molecule has 0 atom stereocenters. The lowest BCUT2D eigenvalue weighted by Gasteiger charge is -2.25. The molecule has 4 heteroatoms. The van der Waals surface area contributed by atoms with Crippen molar-refractivity contribution in [3.63, 3.8) is 0 Å². The van der Waals surface area contributed by atoms with Crippen LogP contribution in [0.2, 0.25) is 0 Å². The maximum atomic E-state index is 5.50. The largest absolute Gasteiger partial charge is 0.383 e. The fraction of sp³-hybridized carbons (Fsp3) is 0.900. The Hall–Kier alpha value is -0.610. The first kappa shape index (κ1) is 11.5. The van der Waals surface area contributed by atoms with Crippen molar-refractivity contribution in [2.45, 2.75) is 32.6 Å². The highest BCUT2D eigenvalue weighted by Crippen LogP contribution is 2.37. The highest BCUT2D eigenvalue weighted by molar-refractivity contribution is 5.87. The maximum absolute atomic E-state index is 5.50. The zero-order chi connectivity index (χ0) is 10.4. The van der Waals surface area contributed by atoms with E-state index in [1.54, 1.807) is 7.11 Å². The van der Waals surface area contributed by atoms with Crippen molar-refractivity contribution >= 4 is 5.84 Å². The van der Waals surface area contributed by atoms with E-state index in [1.807, 2.05) is 0 Å². The molecule has 0 aromatic heterocycles. The van der Waals surface area contributed by atoms with E-state index < -0.39 is 0 Å². The molecule has 0 aromatic rings. The van der Waals surface area contributed by atoms with Crippen LogP contribution < -0.4 is 11.3 Å². The highest BCUT2D eigenvalue weighted by Gasteiger charge is 2.33. The van der Waals surface area contributed by atoms with Gasteiger partial charge in [0.1, 0.15) is 5.84 Å². The molecule has 0 aliphatic heterocycles. The van der Waals surface area contributed by atoms with Gasteiger partial charge in [0.25, 0.3) is 0 Å². The normalized spacial score (nSPS) is 21.2. The van der Waals surface area contributed by atoms with E-state index in [1.165, 1.54) is 25.7 Å². The summed E-state index contributed by atoms with van der Waals surface area (Å²) in [6.45, 7) is 3.57. The lowest BCUT2D eigenvalue weighted by atomic mass is 9.87. The Morgan fingerprint density at radius 2 is 2.14 bits per heavy atom. The second-order valence-electron chi connectivity index (χ2n) is 4.14. The van der Waals surface area contributed by atoms with Gasteiger partial charge in [-0.2, -0.15) is 0 Å². The van der Waals surface area contributed by atoms with Crippen molar-refractivity contribution in [3.8, 4) is 0 Å². The lowest BCUT2D eigenvalue weighted by Crippen LogP contribution is -2.41. The molecule has 1 aliphatic rings. The van der Waals surface area contributed by atoms with Gasteiger partial charge < -0.3 is 10.2 Å². The van der Waals surface area contributed by atoms with Crippen LogP contribution in [0.4, 0.5) is 0 Å². The Kier molecular flexibility index (Phi) is 4.35. The molecule has 0 amide bonds. The summed E-state index contributed by atoms with van der Waals surface area (Å²) < 4.78 is 4.96. The van der Waals surface area contributed by atoms with Crippen LogP contribution in [0.25, 0.3) is 0 Å². The van der Waals surface area contributed by atoms with Crippen molar-refractivity contribution in [2.24, 2.45) is 16.3 Å². The van der Waals surface area contributed by atoms with Gasteiger partial charge >= 0.3 is 0 Å². The van der Waals surface area contributed by atoms with E-state index in [4.69, 9.17) is 10.6 Å².